The summed E-state index contributed by atoms with van der Waals surface area (Å²) in [6.07, 6.45) is 10.5. The van der Waals surface area contributed by atoms with Gasteiger partial charge in [-0.2, -0.15) is 0 Å². The van der Waals surface area contributed by atoms with E-state index >= 15 is 0 Å². The lowest BCUT2D eigenvalue weighted by Crippen LogP contribution is -2.52. The maximum absolute atomic E-state index is 13.0. The number of hydrogen-bond donors (Lipinski definition) is 0. The smallest absolute Gasteiger partial charge is 0.265 e. The van der Waals surface area contributed by atoms with Crippen molar-refractivity contribution in [2.45, 2.75) is 63.7 Å². The minimum absolute atomic E-state index is 0.124. The first-order chi connectivity index (χ1) is 12.7. The number of amides is 2. The zero-order valence-electron chi connectivity index (χ0n) is 15.5. The van der Waals surface area contributed by atoms with E-state index < -0.39 is 0 Å². The van der Waals surface area contributed by atoms with Gasteiger partial charge in [-0.1, -0.05) is 32.1 Å². The highest BCUT2D eigenvalue weighted by Gasteiger charge is 2.32. The normalized spacial score (nSPS) is 22.8. The van der Waals surface area contributed by atoms with E-state index in [1.54, 1.807) is 0 Å². The molecule has 0 N–H and O–H groups in total. The van der Waals surface area contributed by atoms with Crippen LogP contribution in [-0.2, 0) is 4.79 Å². The number of rotatable bonds is 3. The van der Waals surface area contributed by atoms with Gasteiger partial charge in [0.25, 0.3) is 5.91 Å². The molecule has 0 spiro atoms. The van der Waals surface area contributed by atoms with Crippen LogP contribution in [0, 0.1) is 5.92 Å². The molecule has 0 atom stereocenters. The minimum atomic E-state index is 0.124. The summed E-state index contributed by atoms with van der Waals surface area (Å²) in [5, 5.41) is 0. The summed E-state index contributed by atoms with van der Waals surface area (Å²) in [5.74, 6) is 1.14. The quantitative estimate of drug-likeness (QED) is 0.810. The van der Waals surface area contributed by atoms with E-state index in [0.29, 0.717) is 38.0 Å². The fraction of sp³-hybridized carbons (Fsp3) is 0.750. The van der Waals surface area contributed by atoms with Gasteiger partial charge in [0.1, 0.15) is 4.88 Å². The molecule has 0 radical (unpaired) electrons. The lowest BCUT2D eigenvalue weighted by molar-refractivity contribution is -0.138. The Labute approximate surface area is 159 Å². The van der Waals surface area contributed by atoms with Crippen molar-refractivity contribution in [3.05, 3.63) is 16.1 Å². The van der Waals surface area contributed by atoms with Crippen molar-refractivity contribution in [1.29, 1.82) is 0 Å². The van der Waals surface area contributed by atoms with Crippen molar-refractivity contribution in [2.24, 2.45) is 5.92 Å². The summed E-state index contributed by atoms with van der Waals surface area (Å²) in [4.78, 5) is 35.0. The lowest BCUT2D eigenvalue weighted by Gasteiger charge is -2.37. The van der Waals surface area contributed by atoms with Crippen LogP contribution in [0.1, 0.15) is 79.1 Å². The number of nitrogens with zero attached hydrogens (tertiary/aromatic N) is 3. The highest BCUT2D eigenvalue weighted by molar-refractivity contribution is 7.11. The van der Waals surface area contributed by atoms with Crippen LogP contribution in [0.15, 0.2) is 5.51 Å². The van der Waals surface area contributed by atoms with Crippen molar-refractivity contribution in [3.63, 3.8) is 0 Å². The van der Waals surface area contributed by atoms with Gasteiger partial charge in [0.2, 0.25) is 5.91 Å². The first-order valence-corrected chi connectivity index (χ1v) is 11.1. The van der Waals surface area contributed by atoms with Gasteiger partial charge in [-0.25, -0.2) is 4.98 Å². The average molecular weight is 376 g/mol. The molecule has 1 aromatic heterocycles. The third-order valence-electron chi connectivity index (χ3n) is 6.36. The molecule has 1 aromatic rings. The average Bonchev–Trinajstić information content (AvgIpc) is 3.39. The summed E-state index contributed by atoms with van der Waals surface area (Å²) in [6.45, 7) is 2.66. The van der Waals surface area contributed by atoms with E-state index in [1.165, 1.54) is 43.4 Å². The Bertz CT molecular complexity index is 639. The molecule has 1 aliphatic heterocycles. The van der Waals surface area contributed by atoms with Gasteiger partial charge in [-0.05, 0) is 25.7 Å². The fourth-order valence-corrected chi connectivity index (χ4v) is 5.63. The zero-order valence-corrected chi connectivity index (χ0v) is 16.3. The second kappa shape index (κ2) is 8.07. The molecule has 26 heavy (non-hydrogen) atoms. The Morgan fingerprint density at radius 1 is 0.885 bits per heavy atom. The molecule has 0 aromatic carbocycles. The summed E-state index contributed by atoms with van der Waals surface area (Å²) in [5.41, 5.74) is 2.85. The number of hydrogen-bond acceptors (Lipinski definition) is 4. The molecule has 142 valence electrons. The molecular formula is C20H29N3O2S. The number of thiazole rings is 1. The van der Waals surface area contributed by atoms with E-state index in [1.807, 2.05) is 15.3 Å². The molecular weight excluding hydrogens is 346 g/mol. The molecule has 4 rings (SSSR count). The molecule has 2 amide bonds. The fourth-order valence-electron chi connectivity index (χ4n) is 4.79. The van der Waals surface area contributed by atoms with Gasteiger partial charge in [0.15, 0.2) is 0 Å². The third-order valence-corrected chi connectivity index (χ3v) is 7.19. The van der Waals surface area contributed by atoms with Crippen molar-refractivity contribution >= 4 is 23.2 Å². The Kier molecular flexibility index (Phi) is 5.57. The topological polar surface area (TPSA) is 53.5 Å². The van der Waals surface area contributed by atoms with Crippen LogP contribution in [0.3, 0.4) is 0 Å². The highest BCUT2D eigenvalue weighted by Crippen LogP contribution is 2.36. The van der Waals surface area contributed by atoms with Gasteiger partial charge >= 0.3 is 0 Å². The predicted octanol–water partition coefficient (Wildman–Crippen LogP) is 3.67. The van der Waals surface area contributed by atoms with Gasteiger partial charge < -0.3 is 9.80 Å². The molecule has 6 heteroatoms. The van der Waals surface area contributed by atoms with E-state index in [4.69, 9.17) is 0 Å². The first kappa shape index (κ1) is 18.0. The second-order valence-corrected chi connectivity index (χ2v) is 8.86. The second-order valence-electron chi connectivity index (χ2n) is 8.00. The molecule has 3 fully saturated rings. The predicted molar refractivity (Wildman–Crippen MR) is 102 cm³/mol. The van der Waals surface area contributed by atoms with Crippen LogP contribution >= 0.6 is 11.3 Å². The summed E-state index contributed by atoms with van der Waals surface area (Å²) in [7, 11) is 0. The van der Waals surface area contributed by atoms with Crippen LogP contribution in [0.2, 0.25) is 0 Å². The standard InChI is InChI=1S/C20H29N3O2S/c24-19(16-8-2-1-3-9-16)22-10-12-23(13-11-22)20(25)18-17(21-14-26-18)15-6-4-5-7-15/h14-16H,1-13H2. The monoisotopic (exact) mass is 375 g/mol. The van der Waals surface area contributed by atoms with E-state index in [0.717, 1.165) is 36.3 Å². The first-order valence-electron chi connectivity index (χ1n) is 10.3. The van der Waals surface area contributed by atoms with Gasteiger partial charge in [-0.15, -0.1) is 11.3 Å². The largest absolute Gasteiger partial charge is 0.339 e. The highest BCUT2D eigenvalue weighted by atomic mass is 32.1. The Morgan fingerprint density at radius 2 is 1.50 bits per heavy atom. The van der Waals surface area contributed by atoms with Crippen molar-refractivity contribution in [2.75, 3.05) is 26.2 Å². The minimum Gasteiger partial charge on any atom is -0.339 e. The van der Waals surface area contributed by atoms with E-state index in [2.05, 4.69) is 4.98 Å². The maximum Gasteiger partial charge on any atom is 0.265 e. The van der Waals surface area contributed by atoms with Crippen LogP contribution < -0.4 is 0 Å². The van der Waals surface area contributed by atoms with Crippen LogP contribution in [0.4, 0.5) is 0 Å². The van der Waals surface area contributed by atoms with Gasteiger partial charge in [0, 0.05) is 38.0 Å². The Morgan fingerprint density at radius 3 is 2.19 bits per heavy atom. The van der Waals surface area contributed by atoms with Crippen molar-refractivity contribution in [1.82, 2.24) is 14.8 Å². The molecule has 2 saturated carbocycles. The summed E-state index contributed by atoms with van der Waals surface area (Å²) < 4.78 is 0. The Hall–Kier alpha value is -1.43. The molecule has 5 nitrogen and oxygen atoms in total. The molecule has 3 aliphatic rings. The van der Waals surface area contributed by atoms with E-state index in [9.17, 15) is 9.59 Å². The number of piperazine rings is 1. The molecule has 1 saturated heterocycles. The van der Waals surface area contributed by atoms with Crippen molar-refractivity contribution < 1.29 is 9.59 Å². The van der Waals surface area contributed by atoms with Crippen LogP contribution in [0.25, 0.3) is 0 Å². The lowest BCUT2D eigenvalue weighted by atomic mass is 9.88. The number of carbonyl (C=O) groups is 2. The zero-order chi connectivity index (χ0) is 17.9. The molecule has 2 heterocycles. The number of aromatic nitrogens is 1. The van der Waals surface area contributed by atoms with Gasteiger partial charge in [0.05, 0.1) is 11.2 Å². The maximum atomic E-state index is 13.0. The molecule has 0 bridgehead atoms. The molecule has 0 unspecified atom stereocenters. The third kappa shape index (κ3) is 3.66. The van der Waals surface area contributed by atoms with Crippen molar-refractivity contribution in [3.8, 4) is 0 Å². The van der Waals surface area contributed by atoms with E-state index in [-0.39, 0.29) is 11.8 Å². The van der Waals surface area contributed by atoms with Gasteiger partial charge in [-0.3, -0.25) is 9.59 Å². The SMILES string of the molecule is O=C(c1scnc1C1CCCC1)N1CCN(C(=O)C2CCCCC2)CC1. The summed E-state index contributed by atoms with van der Waals surface area (Å²) in [6, 6.07) is 0. The number of carbonyl (C=O) groups excluding carboxylic acids is 2. The summed E-state index contributed by atoms with van der Waals surface area (Å²) >= 11 is 1.49. The molecule has 2 aliphatic carbocycles. The Balaban J connectivity index is 1.35. The van der Waals surface area contributed by atoms with Crippen LogP contribution in [0.5, 0.6) is 0 Å². The van der Waals surface area contributed by atoms with Crippen LogP contribution in [-0.4, -0.2) is 52.8 Å².